The summed E-state index contributed by atoms with van der Waals surface area (Å²) in [6.45, 7) is 0. The van der Waals surface area contributed by atoms with Crippen LogP contribution < -0.4 is 16.4 Å². The lowest BCUT2D eigenvalue weighted by Crippen LogP contribution is -2.85. The van der Waals surface area contributed by atoms with Crippen LogP contribution in [0.25, 0.3) is 0 Å². The Labute approximate surface area is 201 Å². The van der Waals surface area contributed by atoms with E-state index in [4.69, 9.17) is 5.73 Å². The number of nitrogens with zero attached hydrogens (tertiary/aromatic N) is 5. The van der Waals surface area contributed by atoms with Gasteiger partial charge in [-0.3, -0.25) is 19.3 Å². The van der Waals surface area contributed by atoms with Crippen molar-refractivity contribution in [2.75, 3.05) is 11.5 Å². The molecule has 178 valence electrons. The first-order valence-electron chi connectivity index (χ1n) is 9.89. The standard InChI is InChI=1S/C19H20N8O5S2/c1-26-18(23-24-25-26)34-8-11-7-33-17-19(21-9-28,16(32)27(17)13(11)15(30)31)22-14(29)12(20)10-5-3-2-4-6-10/h2-6,9,12,17H,7-8,20H2,1H3,(H,21,28)(H,22,29)(H,30,31)/t12?,17-,19-/m1/s1. The second kappa shape index (κ2) is 9.44. The Bertz CT molecular complexity index is 1170. The minimum Gasteiger partial charge on any atom is -0.477 e. The van der Waals surface area contributed by atoms with E-state index in [1.807, 2.05) is 0 Å². The van der Waals surface area contributed by atoms with Crippen LogP contribution in [-0.4, -0.2) is 76.9 Å². The van der Waals surface area contributed by atoms with Gasteiger partial charge in [-0.25, -0.2) is 9.48 Å². The average molecular weight is 505 g/mol. The second-order valence-electron chi connectivity index (χ2n) is 7.42. The number of carbonyl (C=O) groups excluding carboxylic acids is 3. The Kier molecular flexibility index (Phi) is 6.58. The van der Waals surface area contributed by atoms with Gasteiger partial charge in [0, 0.05) is 18.6 Å². The van der Waals surface area contributed by atoms with Gasteiger partial charge < -0.3 is 21.5 Å². The third-order valence-electron chi connectivity index (χ3n) is 5.36. The van der Waals surface area contributed by atoms with Crippen molar-refractivity contribution in [1.82, 2.24) is 35.7 Å². The first kappa shape index (κ1) is 23.7. The number of carboxylic acids is 1. The van der Waals surface area contributed by atoms with Crippen LogP contribution >= 0.6 is 23.5 Å². The van der Waals surface area contributed by atoms with Crippen molar-refractivity contribution < 1.29 is 24.3 Å². The van der Waals surface area contributed by atoms with E-state index in [9.17, 15) is 24.3 Å². The van der Waals surface area contributed by atoms with E-state index >= 15 is 0 Å². The molecule has 4 rings (SSSR count). The van der Waals surface area contributed by atoms with E-state index in [1.165, 1.54) is 28.2 Å². The average Bonchev–Trinajstić information content (AvgIpc) is 3.25. The van der Waals surface area contributed by atoms with Crippen LogP contribution in [0.3, 0.4) is 0 Å². The smallest absolute Gasteiger partial charge is 0.352 e. The van der Waals surface area contributed by atoms with Gasteiger partial charge in [0.25, 0.3) is 5.91 Å². The number of nitrogens with two attached hydrogens (primary N) is 1. The Morgan fingerprint density at radius 2 is 2.15 bits per heavy atom. The topological polar surface area (TPSA) is 185 Å². The number of aliphatic carboxylic acids is 1. The Morgan fingerprint density at radius 1 is 1.41 bits per heavy atom. The second-order valence-corrected chi connectivity index (χ2v) is 9.43. The number of β-lactam (4-membered cyclic amide) rings is 1. The van der Waals surface area contributed by atoms with Crippen molar-refractivity contribution in [3.63, 3.8) is 0 Å². The molecule has 2 aliphatic heterocycles. The Morgan fingerprint density at radius 3 is 2.76 bits per heavy atom. The Hall–Kier alpha value is -3.43. The molecule has 1 unspecified atom stereocenters. The molecule has 0 spiro atoms. The van der Waals surface area contributed by atoms with Crippen molar-refractivity contribution in [1.29, 1.82) is 0 Å². The molecule has 3 heterocycles. The number of carbonyl (C=O) groups is 4. The Balaban J connectivity index is 1.58. The van der Waals surface area contributed by atoms with Gasteiger partial charge in [-0.05, 0) is 21.6 Å². The quantitative estimate of drug-likeness (QED) is 0.139. The molecule has 1 fully saturated rings. The maximum absolute atomic E-state index is 13.2. The van der Waals surface area contributed by atoms with Gasteiger partial charge in [0.05, 0.1) is 0 Å². The van der Waals surface area contributed by atoms with Gasteiger partial charge in [-0.1, -0.05) is 42.1 Å². The summed E-state index contributed by atoms with van der Waals surface area (Å²) >= 11 is 2.45. The van der Waals surface area contributed by atoms with Crippen molar-refractivity contribution in [3.05, 3.63) is 47.2 Å². The highest BCUT2D eigenvalue weighted by Crippen LogP contribution is 2.45. The highest BCUT2D eigenvalue weighted by atomic mass is 32.2. The lowest BCUT2D eigenvalue weighted by Gasteiger charge is -2.56. The number of aromatic nitrogens is 4. The number of nitrogens with one attached hydrogen (secondary N) is 2. The first-order valence-corrected chi connectivity index (χ1v) is 11.9. The number of thioether (sulfide) groups is 2. The number of amides is 3. The molecule has 1 aromatic heterocycles. The lowest BCUT2D eigenvalue weighted by atomic mass is 9.94. The molecule has 34 heavy (non-hydrogen) atoms. The summed E-state index contributed by atoms with van der Waals surface area (Å²) in [5, 5.41) is 25.5. The van der Waals surface area contributed by atoms with Crippen LogP contribution in [-0.2, 0) is 26.2 Å². The number of rotatable bonds is 9. The number of aryl methyl sites for hydroxylation is 1. The van der Waals surface area contributed by atoms with Crippen molar-refractivity contribution in [3.8, 4) is 0 Å². The van der Waals surface area contributed by atoms with Gasteiger partial charge in [0.2, 0.25) is 23.1 Å². The maximum atomic E-state index is 13.2. The number of hydrogen-bond donors (Lipinski definition) is 4. The van der Waals surface area contributed by atoms with Gasteiger partial charge in [-0.2, -0.15) is 0 Å². The zero-order valence-electron chi connectivity index (χ0n) is 17.7. The summed E-state index contributed by atoms with van der Waals surface area (Å²) in [6, 6.07) is 7.44. The molecule has 15 heteroatoms. The minimum absolute atomic E-state index is 0.193. The molecule has 0 bridgehead atoms. The summed E-state index contributed by atoms with van der Waals surface area (Å²) in [5.74, 6) is -2.27. The van der Waals surface area contributed by atoms with Crippen LogP contribution in [0.5, 0.6) is 0 Å². The number of hydrogen-bond acceptors (Lipinski definition) is 10. The minimum atomic E-state index is -1.82. The summed E-state index contributed by atoms with van der Waals surface area (Å²) in [6.07, 6.45) is 0.292. The van der Waals surface area contributed by atoms with E-state index in [0.717, 1.165) is 4.90 Å². The maximum Gasteiger partial charge on any atom is 0.352 e. The van der Waals surface area contributed by atoms with Crippen LogP contribution in [0.15, 0.2) is 46.8 Å². The summed E-state index contributed by atoms with van der Waals surface area (Å²) in [7, 11) is 1.65. The van der Waals surface area contributed by atoms with E-state index in [-0.39, 0.29) is 17.2 Å². The summed E-state index contributed by atoms with van der Waals surface area (Å²) < 4.78 is 1.45. The fourth-order valence-corrected chi connectivity index (χ4v) is 6.10. The molecule has 13 nitrogen and oxygen atoms in total. The molecule has 3 atom stereocenters. The predicted molar refractivity (Wildman–Crippen MR) is 121 cm³/mol. The third-order valence-corrected chi connectivity index (χ3v) is 7.85. The summed E-state index contributed by atoms with van der Waals surface area (Å²) in [5.41, 5.74) is 5.04. The molecule has 0 radical (unpaired) electrons. The van der Waals surface area contributed by atoms with Crippen LogP contribution in [0.4, 0.5) is 0 Å². The molecule has 2 aliphatic rings. The van der Waals surface area contributed by atoms with Crippen molar-refractivity contribution in [2.24, 2.45) is 12.8 Å². The molecule has 0 aliphatic carbocycles. The summed E-state index contributed by atoms with van der Waals surface area (Å²) in [4.78, 5) is 50.7. The van der Waals surface area contributed by atoms with Gasteiger partial charge in [0.1, 0.15) is 17.1 Å². The predicted octanol–water partition coefficient (Wildman–Crippen LogP) is -1.19. The molecule has 5 N–H and O–H groups in total. The van der Waals surface area contributed by atoms with Crippen LogP contribution in [0, 0.1) is 0 Å². The number of carboxylic acid groups (broad SMARTS) is 1. The number of benzene rings is 1. The van der Waals surface area contributed by atoms with Crippen molar-refractivity contribution >= 4 is 47.7 Å². The van der Waals surface area contributed by atoms with E-state index in [2.05, 4.69) is 26.2 Å². The van der Waals surface area contributed by atoms with E-state index in [1.54, 1.807) is 37.4 Å². The van der Waals surface area contributed by atoms with Crippen LogP contribution in [0.2, 0.25) is 0 Å². The third kappa shape index (κ3) is 4.01. The van der Waals surface area contributed by atoms with E-state index < -0.39 is 34.9 Å². The van der Waals surface area contributed by atoms with Crippen LogP contribution in [0.1, 0.15) is 11.6 Å². The molecule has 2 aromatic rings. The first-order chi connectivity index (χ1) is 16.3. The van der Waals surface area contributed by atoms with E-state index in [0.29, 0.717) is 22.7 Å². The molecule has 0 saturated carbocycles. The lowest BCUT2D eigenvalue weighted by molar-refractivity contribution is -0.162. The molecule has 3 amide bonds. The number of fused-ring (bicyclic) bond motifs is 1. The SMILES string of the molecule is Cn1nnnc1SCC1=C(C(=O)O)N2C(=O)[C@@](NC=O)(NC(=O)C(N)c3ccccc3)[C@H]2SC1. The highest BCUT2D eigenvalue weighted by Gasteiger charge is 2.66. The number of tetrazole rings is 1. The normalized spacial score (nSPS) is 22.5. The van der Waals surface area contributed by atoms with Gasteiger partial charge >= 0.3 is 5.97 Å². The fourth-order valence-electron chi connectivity index (χ4n) is 3.69. The zero-order chi connectivity index (χ0) is 24.5. The fraction of sp³-hybridized carbons (Fsp3) is 0.316. The largest absolute Gasteiger partial charge is 0.477 e. The molecule has 1 saturated heterocycles. The molecule has 1 aromatic carbocycles. The van der Waals surface area contributed by atoms with Crippen molar-refractivity contribution in [2.45, 2.75) is 22.2 Å². The molecular formula is C19H20N8O5S2. The highest BCUT2D eigenvalue weighted by molar-refractivity contribution is 8.01. The monoisotopic (exact) mass is 504 g/mol. The zero-order valence-corrected chi connectivity index (χ0v) is 19.4. The molecular weight excluding hydrogens is 484 g/mol. The van der Waals surface area contributed by atoms with Gasteiger partial charge in [0.15, 0.2) is 0 Å². The van der Waals surface area contributed by atoms with Gasteiger partial charge in [-0.15, -0.1) is 16.9 Å².